The first-order valence-electron chi connectivity index (χ1n) is 5.17. The Balaban J connectivity index is 2.37. The number of rotatable bonds is 5. The van der Waals surface area contributed by atoms with Crippen LogP contribution in [0.2, 0.25) is 0 Å². The first-order valence-corrected chi connectivity index (χ1v) is 5.96. The van der Waals surface area contributed by atoms with Gasteiger partial charge in [0.1, 0.15) is 0 Å². The van der Waals surface area contributed by atoms with E-state index in [4.69, 9.17) is 4.74 Å². The van der Waals surface area contributed by atoms with Crippen LogP contribution in [0.25, 0.3) is 0 Å². The molecule has 0 spiro atoms. The van der Waals surface area contributed by atoms with E-state index >= 15 is 0 Å². The fourth-order valence-corrected chi connectivity index (χ4v) is 1.60. The number of hydrogen-bond acceptors (Lipinski definition) is 1. The van der Waals surface area contributed by atoms with Gasteiger partial charge >= 0.3 is 0 Å². The second-order valence-electron chi connectivity index (χ2n) is 3.96. The monoisotopic (exact) mass is 274 g/mol. The van der Waals surface area contributed by atoms with Crippen molar-refractivity contribution < 1.29 is 9.13 Å². The fourth-order valence-electron chi connectivity index (χ4n) is 1.27. The summed E-state index contributed by atoms with van der Waals surface area (Å²) >= 11 is 3.20. The molecule has 0 N–H and O–H groups in total. The van der Waals surface area contributed by atoms with Crippen LogP contribution in [-0.2, 0) is 0 Å². The minimum absolute atomic E-state index is 0.311. The van der Waals surface area contributed by atoms with Gasteiger partial charge < -0.3 is 4.74 Å². The Morgan fingerprint density at radius 2 is 2.13 bits per heavy atom. The lowest BCUT2D eigenvalue weighted by Gasteiger charge is -2.08. The van der Waals surface area contributed by atoms with Gasteiger partial charge in [0.15, 0.2) is 11.6 Å². The van der Waals surface area contributed by atoms with Crippen LogP contribution in [0.15, 0.2) is 22.7 Å². The highest BCUT2D eigenvalue weighted by atomic mass is 79.9. The summed E-state index contributed by atoms with van der Waals surface area (Å²) in [6.07, 6.45) is 2.07. The van der Waals surface area contributed by atoms with Gasteiger partial charge in [-0.05, 0) is 37.0 Å². The molecule has 0 amide bonds. The van der Waals surface area contributed by atoms with E-state index in [1.807, 2.05) is 0 Å². The van der Waals surface area contributed by atoms with E-state index < -0.39 is 0 Å². The van der Waals surface area contributed by atoms with Gasteiger partial charge in [0, 0.05) is 4.47 Å². The van der Waals surface area contributed by atoms with Crippen molar-refractivity contribution in [3.05, 3.63) is 28.5 Å². The van der Waals surface area contributed by atoms with Crippen molar-refractivity contribution in [3.8, 4) is 5.75 Å². The molecule has 0 aliphatic carbocycles. The topological polar surface area (TPSA) is 9.23 Å². The van der Waals surface area contributed by atoms with Crippen LogP contribution in [0.5, 0.6) is 5.75 Å². The van der Waals surface area contributed by atoms with Gasteiger partial charge in [-0.1, -0.05) is 29.8 Å². The molecule has 3 heteroatoms. The van der Waals surface area contributed by atoms with Crippen molar-refractivity contribution in [2.45, 2.75) is 26.7 Å². The van der Waals surface area contributed by atoms with Crippen LogP contribution in [0.4, 0.5) is 4.39 Å². The molecule has 0 atom stereocenters. The maximum atomic E-state index is 13.3. The largest absolute Gasteiger partial charge is 0.491 e. The lowest BCUT2D eigenvalue weighted by atomic mass is 10.1. The Kier molecular flexibility index (Phi) is 5.09. The predicted molar refractivity (Wildman–Crippen MR) is 63.7 cm³/mol. The predicted octanol–water partition coefficient (Wildman–Crippen LogP) is 4.40. The fraction of sp³-hybridized carbons (Fsp3) is 0.500. The van der Waals surface area contributed by atoms with Crippen molar-refractivity contribution in [2.75, 3.05) is 6.61 Å². The zero-order valence-corrected chi connectivity index (χ0v) is 10.7. The molecular formula is C12H16BrFO. The average molecular weight is 275 g/mol. The van der Waals surface area contributed by atoms with Crippen LogP contribution in [0.3, 0.4) is 0 Å². The second kappa shape index (κ2) is 6.11. The van der Waals surface area contributed by atoms with Crippen molar-refractivity contribution >= 4 is 15.9 Å². The quantitative estimate of drug-likeness (QED) is 0.723. The highest BCUT2D eigenvalue weighted by Crippen LogP contribution is 2.21. The van der Waals surface area contributed by atoms with E-state index in [0.717, 1.165) is 17.3 Å². The molecule has 0 aromatic heterocycles. The molecule has 1 aromatic carbocycles. The zero-order chi connectivity index (χ0) is 11.3. The Morgan fingerprint density at radius 3 is 2.73 bits per heavy atom. The smallest absolute Gasteiger partial charge is 0.166 e. The molecule has 0 aliphatic heterocycles. The van der Waals surface area contributed by atoms with Gasteiger partial charge in [-0.3, -0.25) is 0 Å². The maximum Gasteiger partial charge on any atom is 0.166 e. The van der Waals surface area contributed by atoms with Crippen LogP contribution in [0, 0.1) is 11.7 Å². The van der Waals surface area contributed by atoms with Crippen LogP contribution in [-0.4, -0.2) is 6.61 Å². The second-order valence-corrected chi connectivity index (χ2v) is 4.87. The molecule has 0 aliphatic rings. The van der Waals surface area contributed by atoms with Gasteiger partial charge in [0.05, 0.1) is 6.61 Å². The zero-order valence-electron chi connectivity index (χ0n) is 9.09. The summed E-state index contributed by atoms with van der Waals surface area (Å²) < 4.78 is 19.4. The molecule has 0 saturated heterocycles. The van der Waals surface area contributed by atoms with Gasteiger partial charge in [0.25, 0.3) is 0 Å². The average Bonchev–Trinajstić information content (AvgIpc) is 2.14. The summed E-state index contributed by atoms with van der Waals surface area (Å²) in [5.74, 6) is 0.694. The molecular weight excluding hydrogens is 259 g/mol. The molecule has 0 saturated carbocycles. The number of benzene rings is 1. The lowest BCUT2D eigenvalue weighted by Crippen LogP contribution is -2.01. The van der Waals surface area contributed by atoms with Crippen molar-refractivity contribution in [3.63, 3.8) is 0 Å². The van der Waals surface area contributed by atoms with Crippen LogP contribution in [0.1, 0.15) is 26.7 Å². The van der Waals surface area contributed by atoms with Crippen LogP contribution < -0.4 is 4.74 Å². The molecule has 0 bridgehead atoms. The van der Waals surface area contributed by atoms with E-state index in [1.165, 1.54) is 6.07 Å². The highest BCUT2D eigenvalue weighted by Gasteiger charge is 2.03. The number of halogens is 2. The molecule has 1 nitrogen and oxygen atoms in total. The summed E-state index contributed by atoms with van der Waals surface area (Å²) in [5.41, 5.74) is 0. The first-order chi connectivity index (χ1) is 7.09. The maximum absolute atomic E-state index is 13.3. The standard InChI is InChI=1S/C12H16BrFO/c1-9(2)4-3-7-15-12-6-5-10(13)8-11(12)14/h5-6,8-9H,3-4,7H2,1-2H3. The summed E-state index contributed by atoms with van der Waals surface area (Å²) in [5, 5.41) is 0. The molecule has 0 radical (unpaired) electrons. The van der Waals surface area contributed by atoms with Gasteiger partial charge in [-0.2, -0.15) is 0 Å². The van der Waals surface area contributed by atoms with Gasteiger partial charge in [0.2, 0.25) is 0 Å². The minimum Gasteiger partial charge on any atom is -0.491 e. The Morgan fingerprint density at radius 1 is 1.40 bits per heavy atom. The third-order valence-electron chi connectivity index (χ3n) is 2.08. The summed E-state index contributed by atoms with van der Waals surface area (Å²) in [6.45, 7) is 4.91. The van der Waals surface area contributed by atoms with Crippen molar-refractivity contribution in [2.24, 2.45) is 5.92 Å². The van der Waals surface area contributed by atoms with E-state index in [9.17, 15) is 4.39 Å². The lowest BCUT2D eigenvalue weighted by molar-refractivity contribution is 0.284. The normalized spacial score (nSPS) is 10.7. The van der Waals surface area contributed by atoms with E-state index in [1.54, 1.807) is 12.1 Å². The molecule has 0 heterocycles. The molecule has 1 rings (SSSR count). The van der Waals surface area contributed by atoms with E-state index in [2.05, 4.69) is 29.8 Å². The summed E-state index contributed by atoms with van der Waals surface area (Å²) in [7, 11) is 0. The summed E-state index contributed by atoms with van der Waals surface area (Å²) in [4.78, 5) is 0. The Hall–Kier alpha value is -0.570. The third kappa shape index (κ3) is 4.65. The van der Waals surface area contributed by atoms with E-state index in [-0.39, 0.29) is 5.82 Å². The first kappa shape index (κ1) is 12.5. The molecule has 15 heavy (non-hydrogen) atoms. The Labute approximate surface area is 98.8 Å². The highest BCUT2D eigenvalue weighted by molar-refractivity contribution is 9.10. The molecule has 84 valence electrons. The SMILES string of the molecule is CC(C)CCCOc1ccc(Br)cc1F. The van der Waals surface area contributed by atoms with Gasteiger partial charge in [-0.15, -0.1) is 0 Å². The Bertz CT molecular complexity index is 312. The third-order valence-corrected chi connectivity index (χ3v) is 2.57. The van der Waals surface area contributed by atoms with Gasteiger partial charge in [-0.25, -0.2) is 4.39 Å². The number of hydrogen-bond donors (Lipinski definition) is 0. The van der Waals surface area contributed by atoms with Crippen molar-refractivity contribution in [1.29, 1.82) is 0 Å². The van der Waals surface area contributed by atoms with E-state index in [0.29, 0.717) is 18.3 Å². The molecule has 0 unspecified atom stereocenters. The minimum atomic E-state index is -0.311. The molecule has 0 fully saturated rings. The molecule has 1 aromatic rings. The number of ether oxygens (including phenoxy) is 1. The van der Waals surface area contributed by atoms with Crippen molar-refractivity contribution in [1.82, 2.24) is 0 Å². The van der Waals surface area contributed by atoms with Crippen LogP contribution >= 0.6 is 15.9 Å². The summed E-state index contributed by atoms with van der Waals surface area (Å²) in [6, 6.07) is 4.84.